The number of ketones is 3. The molecule has 4 atom stereocenters. The van der Waals surface area contributed by atoms with Gasteiger partial charge in [-0.25, -0.2) is 0 Å². The van der Waals surface area contributed by atoms with E-state index in [1.165, 1.54) is 12.1 Å². The number of Topliss-reactive ketones (excluding diaryl/α,β-unsaturated/α-hetero) is 3. The van der Waals surface area contributed by atoms with Gasteiger partial charge >= 0.3 is 0 Å². The fourth-order valence-electron chi connectivity index (χ4n) is 7.07. The molecule has 2 aliphatic rings. The highest BCUT2D eigenvalue weighted by Gasteiger charge is 2.74. The monoisotopic (exact) mass is 586 g/mol. The van der Waals surface area contributed by atoms with E-state index < -0.39 is 33.6 Å². The summed E-state index contributed by atoms with van der Waals surface area (Å²) in [4.78, 5) is 44.9. The molecule has 3 rings (SSSR count). The number of aliphatic hydroxyl groups is 1. The van der Waals surface area contributed by atoms with Crippen LogP contribution in [0.1, 0.15) is 100.0 Å². The minimum absolute atomic E-state index is 0.100. The summed E-state index contributed by atoms with van der Waals surface area (Å²) in [6.07, 6.45) is 8.04. The second kappa shape index (κ2) is 12.6. The van der Waals surface area contributed by atoms with Crippen LogP contribution in [-0.2, 0) is 14.4 Å². The van der Waals surface area contributed by atoms with Gasteiger partial charge in [-0.1, -0.05) is 73.1 Å². The molecule has 1 aromatic carbocycles. The maximum absolute atomic E-state index is 15.2. The third-order valence-electron chi connectivity index (χ3n) is 9.90. The molecule has 5 heteroatoms. The fraction of sp³-hybridized carbons (Fsp3) is 0.500. The van der Waals surface area contributed by atoms with Crippen LogP contribution in [0.25, 0.3) is 5.76 Å². The molecule has 0 amide bonds. The van der Waals surface area contributed by atoms with Crippen LogP contribution >= 0.6 is 0 Å². The highest BCUT2D eigenvalue weighted by molar-refractivity contribution is 6.41. The van der Waals surface area contributed by atoms with Crippen molar-refractivity contribution in [2.24, 2.45) is 28.1 Å². The zero-order valence-electron chi connectivity index (χ0n) is 27.6. The van der Waals surface area contributed by atoms with E-state index in [1.807, 2.05) is 68.4 Å². The van der Waals surface area contributed by atoms with Crippen molar-refractivity contribution in [1.82, 2.24) is 0 Å². The van der Waals surface area contributed by atoms with Gasteiger partial charge in [0.25, 0.3) is 0 Å². The van der Waals surface area contributed by atoms with Crippen LogP contribution in [0.3, 0.4) is 0 Å². The zero-order valence-corrected chi connectivity index (χ0v) is 27.6. The van der Waals surface area contributed by atoms with E-state index in [1.54, 1.807) is 12.1 Å². The van der Waals surface area contributed by atoms with Crippen molar-refractivity contribution in [3.05, 3.63) is 82.5 Å². The van der Waals surface area contributed by atoms with Crippen LogP contribution in [0.5, 0.6) is 5.75 Å². The van der Waals surface area contributed by atoms with Gasteiger partial charge in [0.1, 0.15) is 22.5 Å². The molecular weight excluding hydrogens is 536 g/mol. The third-order valence-corrected chi connectivity index (χ3v) is 9.90. The van der Waals surface area contributed by atoms with E-state index in [0.717, 1.165) is 22.3 Å². The summed E-state index contributed by atoms with van der Waals surface area (Å²) < 4.78 is 0. The lowest BCUT2D eigenvalue weighted by molar-refractivity contribution is -0.177. The predicted octanol–water partition coefficient (Wildman–Crippen LogP) is 9.05. The number of fused-ring (bicyclic) bond motifs is 2. The topological polar surface area (TPSA) is 91.7 Å². The molecule has 0 aliphatic heterocycles. The summed E-state index contributed by atoms with van der Waals surface area (Å²) in [5.41, 5.74) is 0.0240. The van der Waals surface area contributed by atoms with Gasteiger partial charge in [-0.3, -0.25) is 14.4 Å². The highest BCUT2D eigenvalue weighted by atomic mass is 16.3. The highest BCUT2D eigenvalue weighted by Crippen LogP contribution is 2.66. The molecule has 2 saturated carbocycles. The number of allylic oxidation sites excluding steroid dienone is 8. The molecule has 2 bridgehead atoms. The second-order valence-electron chi connectivity index (χ2n) is 14.1. The Bertz CT molecular complexity index is 1440. The Balaban J connectivity index is 2.46. The number of rotatable bonds is 10. The first-order valence-electron chi connectivity index (χ1n) is 15.3. The molecular formula is C38H50O5. The molecule has 2 fully saturated rings. The van der Waals surface area contributed by atoms with Gasteiger partial charge in [-0.15, -0.1) is 0 Å². The van der Waals surface area contributed by atoms with E-state index in [9.17, 15) is 19.8 Å². The summed E-state index contributed by atoms with van der Waals surface area (Å²) in [6, 6.07) is 5.90. The summed E-state index contributed by atoms with van der Waals surface area (Å²) in [6.45, 7) is 22.1. The van der Waals surface area contributed by atoms with Crippen molar-refractivity contribution >= 4 is 23.1 Å². The van der Waals surface area contributed by atoms with Crippen molar-refractivity contribution in [3.8, 4) is 5.75 Å². The Morgan fingerprint density at radius 2 is 1.56 bits per heavy atom. The molecule has 1 unspecified atom stereocenters. The number of phenolic OH excluding ortho intramolecular Hbond substituents is 1. The molecule has 0 spiro atoms. The van der Waals surface area contributed by atoms with E-state index in [2.05, 4.69) is 18.7 Å². The van der Waals surface area contributed by atoms with Gasteiger partial charge in [0.2, 0.25) is 0 Å². The quantitative estimate of drug-likeness (QED) is 0.0938. The van der Waals surface area contributed by atoms with E-state index >= 15 is 4.79 Å². The molecule has 5 nitrogen and oxygen atoms in total. The second-order valence-corrected chi connectivity index (χ2v) is 14.1. The standard InChI is InChI=1S/C38H50O5/c1-23(2)14-16-28(26(7)8)21-37-22-29(17-15-24(3)4)36(9,10)38(35(37)43,19-18-25(5)6)34(42)31(33(37)41)32(40)27-12-11-13-30(39)20-27/h11-15,18,20,28-29,39-40H,7,16-17,19,21-22H2,1-6,8-10H3/b32-31+/t28?,29-,37-,38+/m1/s1. The van der Waals surface area contributed by atoms with E-state index in [4.69, 9.17) is 0 Å². The third kappa shape index (κ3) is 6.14. The van der Waals surface area contributed by atoms with Crippen molar-refractivity contribution in [2.45, 2.75) is 94.4 Å². The number of aliphatic hydroxyl groups excluding tert-OH is 1. The number of benzene rings is 1. The molecule has 0 radical (unpaired) electrons. The largest absolute Gasteiger partial charge is 0.508 e. The van der Waals surface area contributed by atoms with Gasteiger partial charge in [0, 0.05) is 5.56 Å². The number of carbonyl (C=O) groups is 3. The van der Waals surface area contributed by atoms with E-state index in [0.29, 0.717) is 12.8 Å². The number of hydrogen-bond donors (Lipinski definition) is 2. The number of aromatic hydroxyl groups is 1. The van der Waals surface area contributed by atoms with Gasteiger partial charge in [0.15, 0.2) is 17.3 Å². The Kier molecular flexibility index (Phi) is 10.0. The molecule has 232 valence electrons. The normalized spacial score (nSPS) is 26.3. The van der Waals surface area contributed by atoms with Crippen molar-refractivity contribution < 1.29 is 24.6 Å². The smallest absolute Gasteiger partial charge is 0.184 e. The number of hydrogen-bond acceptors (Lipinski definition) is 5. The Morgan fingerprint density at radius 3 is 2.09 bits per heavy atom. The SMILES string of the molecule is C=C(C)C(CC=C(C)C)C[C@@]12C[C@@H](CC=C(C)C)C(C)(C)[C@@](CC=C(C)C)(C(=O)/C(=C(/O)c3cccc(O)c3)C1=O)C2=O. The summed E-state index contributed by atoms with van der Waals surface area (Å²) in [5.74, 6) is -2.47. The first-order valence-corrected chi connectivity index (χ1v) is 15.3. The average Bonchev–Trinajstić information content (AvgIpc) is 2.90. The predicted molar refractivity (Wildman–Crippen MR) is 174 cm³/mol. The maximum Gasteiger partial charge on any atom is 0.184 e. The number of carbonyl (C=O) groups excluding carboxylic acids is 3. The van der Waals surface area contributed by atoms with Crippen LogP contribution in [0.4, 0.5) is 0 Å². The lowest BCUT2D eigenvalue weighted by atomic mass is 9.38. The molecule has 2 N–H and O–H groups in total. The van der Waals surface area contributed by atoms with Crippen LogP contribution in [0, 0.1) is 28.1 Å². The first kappa shape index (κ1) is 34.0. The summed E-state index contributed by atoms with van der Waals surface area (Å²) in [5, 5.41) is 21.8. The molecule has 43 heavy (non-hydrogen) atoms. The van der Waals surface area contributed by atoms with Crippen LogP contribution in [0.2, 0.25) is 0 Å². The Hall–Kier alpha value is -3.47. The zero-order chi connectivity index (χ0) is 32.5. The number of phenols is 1. The fourth-order valence-corrected chi connectivity index (χ4v) is 7.07. The Labute approximate surface area is 258 Å². The van der Waals surface area contributed by atoms with Crippen LogP contribution in [-0.4, -0.2) is 27.6 Å². The molecule has 1 aromatic rings. The lowest BCUT2D eigenvalue weighted by Crippen LogP contribution is -2.69. The van der Waals surface area contributed by atoms with Gasteiger partial charge in [0.05, 0.1) is 5.41 Å². The summed E-state index contributed by atoms with van der Waals surface area (Å²) in [7, 11) is 0. The van der Waals surface area contributed by atoms with Gasteiger partial charge in [-0.2, -0.15) is 0 Å². The van der Waals surface area contributed by atoms with Crippen LogP contribution in [0.15, 0.2) is 76.9 Å². The molecule has 0 saturated heterocycles. The van der Waals surface area contributed by atoms with E-state index in [-0.39, 0.29) is 53.8 Å². The maximum atomic E-state index is 15.2. The van der Waals surface area contributed by atoms with Crippen molar-refractivity contribution in [1.29, 1.82) is 0 Å². The summed E-state index contributed by atoms with van der Waals surface area (Å²) >= 11 is 0. The molecule has 2 aliphatic carbocycles. The van der Waals surface area contributed by atoms with Gasteiger partial charge < -0.3 is 10.2 Å². The van der Waals surface area contributed by atoms with Crippen LogP contribution < -0.4 is 0 Å². The first-order chi connectivity index (χ1) is 19.9. The molecule has 0 aromatic heterocycles. The minimum Gasteiger partial charge on any atom is -0.508 e. The minimum atomic E-state index is -1.56. The van der Waals surface area contributed by atoms with Crippen molar-refractivity contribution in [2.75, 3.05) is 0 Å². The average molecular weight is 587 g/mol. The lowest BCUT2D eigenvalue weighted by Gasteiger charge is -2.60. The van der Waals surface area contributed by atoms with Crippen molar-refractivity contribution in [3.63, 3.8) is 0 Å². The Morgan fingerprint density at radius 1 is 0.953 bits per heavy atom. The molecule has 0 heterocycles. The van der Waals surface area contributed by atoms with Gasteiger partial charge in [-0.05, 0) is 110 Å².